The average molecular weight is 443 g/mol. The molecule has 33 heavy (non-hydrogen) atoms. The number of aliphatic hydroxyl groups is 1. The summed E-state index contributed by atoms with van der Waals surface area (Å²) in [4.78, 5) is 21.6. The fourth-order valence-electron chi connectivity index (χ4n) is 4.11. The quantitative estimate of drug-likeness (QED) is 0.351. The Morgan fingerprint density at radius 2 is 1.94 bits per heavy atom. The Bertz CT molecular complexity index is 1260. The molecule has 0 bridgehead atoms. The minimum Gasteiger partial charge on any atom is -0.392 e. The van der Waals surface area contributed by atoms with Gasteiger partial charge in [-0.05, 0) is 24.1 Å². The van der Waals surface area contributed by atoms with Gasteiger partial charge in [-0.2, -0.15) is 4.98 Å². The molecule has 0 unspecified atom stereocenters. The Labute approximate surface area is 189 Å². The monoisotopic (exact) mass is 443 g/mol. The summed E-state index contributed by atoms with van der Waals surface area (Å²) in [6.45, 7) is 1.10. The van der Waals surface area contributed by atoms with E-state index in [9.17, 15) is 15.2 Å². The summed E-state index contributed by atoms with van der Waals surface area (Å²) < 4.78 is 5.50. The van der Waals surface area contributed by atoms with Gasteiger partial charge in [0.25, 0.3) is 5.69 Å². The maximum atomic E-state index is 11.1. The molecule has 2 aromatic carbocycles. The van der Waals surface area contributed by atoms with E-state index in [2.05, 4.69) is 20.0 Å². The Balaban J connectivity index is 1.34. The summed E-state index contributed by atoms with van der Waals surface area (Å²) in [5, 5.41) is 25.4. The van der Waals surface area contributed by atoms with Gasteiger partial charge < -0.3 is 9.63 Å². The molecule has 2 aromatic heterocycles. The van der Waals surface area contributed by atoms with Crippen LogP contribution in [0.25, 0.3) is 22.6 Å². The van der Waals surface area contributed by atoms with Crippen LogP contribution < -0.4 is 0 Å². The van der Waals surface area contributed by atoms with Crippen LogP contribution in [-0.2, 0) is 6.54 Å². The van der Waals surface area contributed by atoms with Crippen LogP contribution in [0, 0.1) is 10.1 Å². The zero-order valence-corrected chi connectivity index (χ0v) is 17.6. The molecule has 4 aromatic rings. The van der Waals surface area contributed by atoms with E-state index in [-0.39, 0.29) is 17.6 Å². The van der Waals surface area contributed by atoms with Gasteiger partial charge in [0.05, 0.1) is 22.8 Å². The van der Waals surface area contributed by atoms with E-state index in [0.717, 1.165) is 16.8 Å². The number of aromatic nitrogens is 3. The van der Waals surface area contributed by atoms with Crippen molar-refractivity contribution in [3.63, 3.8) is 0 Å². The molecular weight excluding hydrogens is 422 g/mol. The van der Waals surface area contributed by atoms with Crippen LogP contribution in [0.1, 0.15) is 23.9 Å². The minimum atomic E-state index is -0.504. The number of β-amino-alcohol motifs (C(OH)–C–C–N with tert-alkyl or cyclic N) is 1. The second-order valence-electron chi connectivity index (χ2n) is 8.01. The predicted molar refractivity (Wildman–Crippen MR) is 120 cm³/mol. The van der Waals surface area contributed by atoms with Crippen LogP contribution in [0.2, 0.25) is 0 Å². The van der Waals surface area contributed by atoms with Crippen molar-refractivity contribution in [2.24, 2.45) is 0 Å². The highest BCUT2D eigenvalue weighted by Gasteiger charge is 2.36. The van der Waals surface area contributed by atoms with Crippen LogP contribution in [0.3, 0.4) is 0 Å². The number of aliphatic hydroxyl groups excluding tert-OH is 1. The molecule has 1 N–H and O–H groups in total. The lowest BCUT2D eigenvalue weighted by Gasteiger charge is -2.21. The van der Waals surface area contributed by atoms with Crippen molar-refractivity contribution in [3.05, 3.63) is 94.5 Å². The van der Waals surface area contributed by atoms with Crippen LogP contribution in [-0.4, -0.2) is 42.7 Å². The maximum absolute atomic E-state index is 11.1. The fraction of sp³-hybridized carbons (Fsp3) is 0.208. The molecule has 1 fully saturated rings. The minimum absolute atomic E-state index is 0.0362. The van der Waals surface area contributed by atoms with Crippen molar-refractivity contribution in [3.8, 4) is 22.6 Å². The zero-order valence-electron chi connectivity index (χ0n) is 17.6. The number of hydrogen-bond donors (Lipinski definition) is 1. The van der Waals surface area contributed by atoms with Crippen molar-refractivity contribution in [2.45, 2.75) is 25.1 Å². The predicted octanol–water partition coefficient (Wildman–Crippen LogP) is 4.01. The lowest BCUT2D eigenvalue weighted by Crippen LogP contribution is -2.24. The van der Waals surface area contributed by atoms with Gasteiger partial charge in [-0.15, -0.1) is 0 Å². The van der Waals surface area contributed by atoms with Gasteiger partial charge in [0, 0.05) is 42.5 Å². The first-order chi connectivity index (χ1) is 16.1. The molecule has 0 radical (unpaired) electrons. The van der Waals surface area contributed by atoms with E-state index in [1.54, 1.807) is 18.3 Å². The zero-order chi connectivity index (χ0) is 22.8. The number of nitrogens with zero attached hydrogens (tertiary/aromatic N) is 5. The molecular formula is C24H21N5O4. The topological polar surface area (TPSA) is 118 Å². The number of rotatable bonds is 6. The van der Waals surface area contributed by atoms with Gasteiger partial charge >= 0.3 is 0 Å². The van der Waals surface area contributed by atoms with Gasteiger partial charge in [0.15, 0.2) is 0 Å². The van der Waals surface area contributed by atoms with Crippen molar-refractivity contribution in [1.29, 1.82) is 0 Å². The third-order valence-corrected chi connectivity index (χ3v) is 5.72. The third kappa shape index (κ3) is 4.50. The largest absolute Gasteiger partial charge is 0.392 e. The molecule has 0 spiro atoms. The summed E-state index contributed by atoms with van der Waals surface area (Å²) in [5.74, 6) is 0.674. The Morgan fingerprint density at radius 1 is 1.09 bits per heavy atom. The highest BCUT2D eigenvalue weighted by Crippen LogP contribution is 2.34. The van der Waals surface area contributed by atoms with Crippen LogP contribution >= 0.6 is 0 Å². The van der Waals surface area contributed by atoms with E-state index in [1.165, 1.54) is 12.1 Å². The Kier molecular flexibility index (Phi) is 5.64. The van der Waals surface area contributed by atoms with E-state index in [1.807, 2.05) is 42.5 Å². The first-order valence-corrected chi connectivity index (χ1v) is 10.6. The van der Waals surface area contributed by atoms with Crippen LogP contribution in [0.4, 0.5) is 5.69 Å². The number of nitro benzene ring substituents is 1. The van der Waals surface area contributed by atoms with Gasteiger partial charge in [-0.1, -0.05) is 47.6 Å². The highest BCUT2D eigenvalue weighted by atomic mass is 16.6. The molecule has 9 heteroatoms. The lowest BCUT2D eigenvalue weighted by atomic mass is 10.1. The van der Waals surface area contributed by atoms with Crippen molar-refractivity contribution >= 4 is 5.69 Å². The molecule has 5 rings (SSSR count). The lowest BCUT2D eigenvalue weighted by molar-refractivity contribution is -0.384. The van der Waals surface area contributed by atoms with Crippen LogP contribution in [0.5, 0.6) is 0 Å². The van der Waals surface area contributed by atoms with Crippen molar-refractivity contribution in [1.82, 2.24) is 20.0 Å². The SMILES string of the molecule is O=[N+]([O-])c1cccc(-c2noc([C@@H]3C[C@@H](O)CN3Cc3ccc(-c4ccccn4)cc3)n2)c1. The number of benzene rings is 2. The summed E-state index contributed by atoms with van der Waals surface area (Å²) in [6, 6.07) is 19.9. The molecule has 1 aliphatic heterocycles. The van der Waals surface area contributed by atoms with E-state index in [0.29, 0.717) is 31.0 Å². The maximum Gasteiger partial charge on any atom is 0.270 e. The smallest absolute Gasteiger partial charge is 0.270 e. The molecule has 0 aliphatic carbocycles. The summed E-state index contributed by atoms with van der Waals surface area (Å²) >= 11 is 0. The molecule has 3 heterocycles. The second kappa shape index (κ2) is 8.89. The molecule has 2 atom stereocenters. The third-order valence-electron chi connectivity index (χ3n) is 5.72. The normalized spacial score (nSPS) is 18.5. The molecule has 166 valence electrons. The highest BCUT2D eigenvalue weighted by molar-refractivity contribution is 5.59. The first-order valence-electron chi connectivity index (χ1n) is 10.6. The molecule has 0 saturated carbocycles. The van der Waals surface area contributed by atoms with Gasteiger partial charge in [0.1, 0.15) is 0 Å². The number of hydrogen-bond acceptors (Lipinski definition) is 8. The van der Waals surface area contributed by atoms with Crippen molar-refractivity contribution in [2.75, 3.05) is 6.54 Å². The summed E-state index contributed by atoms with van der Waals surface area (Å²) in [5.41, 5.74) is 3.52. The fourth-order valence-corrected chi connectivity index (χ4v) is 4.11. The number of nitro groups is 1. The second-order valence-corrected chi connectivity index (χ2v) is 8.01. The molecule has 1 saturated heterocycles. The van der Waals surface area contributed by atoms with Gasteiger partial charge in [0.2, 0.25) is 11.7 Å². The van der Waals surface area contributed by atoms with Gasteiger partial charge in [-0.25, -0.2) is 0 Å². The number of non-ortho nitro benzene ring substituents is 1. The average Bonchev–Trinajstić information content (AvgIpc) is 3.47. The molecule has 0 amide bonds. The number of likely N-dealkylation sites (tertiary alicyclic amines) is 1. The van der Waals surface area contributed by atoms with Crippen LogP contribution in [0.15, 0.2) is 77.4 Å². The summed E-state index contributed by atoms with van der Waals surface area (Å²) in [6.07, 6.45) is 1.74. The van der Waals surface area contributed by atoms with E-state index in [4.69, 9.17) is 4.52 Å². The first kappa shape index (κ1) is 20.9. The summed E-state index contributed by atoms with van der Waals surface area (Å²) in [7, 11) is 0. The standard InChI is InChI=1S/C24H21N5O4/c30-20-13-22(24-26-23(27-33-24)18-4-3-5-19(12-18)29(31)32)28(15-20)14-16-7-9-17(10-8-16)21-6-1-2-11-25-21/h1-12,20,22,30H,13-15H2/t20-,22+/m1/s1. The van der Waals surface area contributed by atoms with E-state index < -0.39 is 11.0 Å². The van der Waals surface area contributed by atoms with Crippen molar-refractivity contribution < 1.29 is 14.6 Å². The van der Waals surface area contributed by atoms with E-state index >= 15 is 0 Å². The Hall–Kier alpha value is -3.95. The molecule has 9 nitrogen and oxygen atoms in total. The Morgan fingerprint density at radius 3 is 2.70 bits per heavy atom. The molecule has 1 aliphatic rings. The number of pyridine rings is 1. The van der Waals surface area contributed by atoms with Gasteiger partial charge in [-0.3, -0.25) is 20.0 Å².